The van der Waals surface area contributed by atoms with E-state index in [1.807, 2.05) is 0 Å². The van der Waals surface area contributed by atoms with E-state index in [0.717, 1.165) is 0 Å². The van der Waals surface area contributed by atoms with Crippen molar-refractivity contribution in [3.8, 4) is 0 Å². The minimum absolute atomic E-state index is 0.00746. The normalized spacial score (nSPS) is 13.2. The van der Waals surface area contributed by atoms with Gasteiger partial charge in [-0.05, 0) is 20.3 Å². The molecule has 1 aromatic rings. The Kier molecular flexibility index (Phi) is 7.76. The van der Waals surface area contributed by atoms with Crippen LogP contribution in [0, 0.1) is 5.41 Å². The molecule has 9 nitrogen and oxygen atoms in total. The molecule has 0 radical (unpaired) electrons. The summed E-state index contributed by atoms with van der Waals surface area (Å²) in [5.74, 6) is -1.73. The molecule has 0 aromatic carbocycles. The monoisotopic (exact) mass is 339 g/mol. The van der Waals surface area contributed by atoms with Gasteiger partial charge in [-0.2, -0.15) is 0 Å². The number of amides is 1. The van der Waals surface area contributed by atoms with E-state index in [4.69, 9.17) is 19.3 Å². The van der Waals surface area contributed by atoms with Gasteiger partial charge in [0.15, 0.2) is 5.78 Å². The van der Waals surface area contributed by atoms with Crippen LogP contribution >= 0.6 is 0 Å². The Bertz CT molecular complexity index is 570. The van der Waals surface area contributed by atoms with E-state index in [2.05, 4.69) is 10.3 Å². The van der Waals surface area contributed by atoms with Gasteiger partial charge in [0.1, 0.15) is 12.3 Å². The Morgan fingerprint density at radius 3 is 2.62 bits per heavy atom. The summed E-state index contributed by atoms with van der Waals surface area (Å²) in [7, 11) is 1.30. The summed E-state index contributed by atoms with van der Waals surface area (Å²) in [6, 6.07) is -1.04. The van der Waals surface area contributed by atoms with Crippen LogP contribution in [0.1, 0.15) is 38.7 Å². The number of esters is 1. The molecule has 0 spiro atoms. The number of hydrogen-bond donors (Lipinski definition) is 2. The Morgan fingerprint density at radius 1 is 1.42 bits per heavy atom. The third-order valence-electron chi connectivity index (χ3n) is 2.94. The minimum atomic E-state index is -1.13. The summed E-state index contributed by atoms with van der Waals surface area (Å²) >= 11 is 0. The summed E-state index contributed by atoms with van der Waals surface area (Å²) in [5, 5.41) is 9.36. The van der Waals surface area contributed by atoms with Crippen molar-refractivity contribution in [1.82, 2.24) is 10.3 Å². The van der Waals surface area contributed by atoms with E-state index in [9.17, 15) is 14.4 Å². The van der Waals surface area contributed by atoms with Crippen molar-refractivity contribution in [1.29, 1.82) is 5.41 Å². The van der Waals surface area contributed by atoms with Gasteiger partial charge in [-0.15, -0.1) is 0 Å². The zero-order chi connectivity index (χ0) is 18.1. The van der Waals surface area contributed by atoms with Gasteiger partial charge in [0, 0.05) is 13.5 Å². The summed E-state index contributed by atoms with van der Waals surface area (Å²) in [5.41, 5.74) is 0. The van der Waals surface area contributed by atoms with Gasteiger partial charge < -0.3 is 24.6 Å². The van der Waals surface area contributed by atoms with Crippen LogP contribution in [0.4, 0.5) is 0 Å². The zero-order valence-corrected chi connectivity index (χ0v) is 13.8. The second kappa shape index (κ2) is 9.56. The first-order valence-corrected chi connectivity index (χ1v) is 7.35. The molecular formula is C15H21N3O6. The van der Waals surface area contributed by atoms with Crippen LogP contribution in [0.25, 0.3) is 0 Å². The number of Topliss-reactive ketones (excluding diaryl/α,β-unsaturated/α-hetero) is 1. The fourth-order valence-corrected chi connectivity index (χ4v) is 1.85. The first-order chi connectivity index (χ1) is 11.4. The van der Waals surface area contributed by atoms with Crippen LogP contribution in [0.2, 0.25) is 0 Å². The van der Waals surface area contributed by atoms with Gasteiger partial charge >= 0.3 is 5.97 Å². The molecule has 24 heavy (non-hydrogen) atoms. The van der Waals surface area contributed by atoms with Crippen molar-refractivity contribution in [3.05, 3.63) is 18.4 Å². The SMILES string of the molecule is CO[C@@H](C(=O)N[C@@H](CCC(=O)C=N)C(=O)OC(C)C)c1ncco1. The Balaban J connectivity index is 2.81. The largest absolute Gasteiger partial charge is 0.461 e. The molecule has 0 saturated carbocycles. The molecule has 0 aliphatic carbocycles. The van der Waals surface area contributed by atoms with Crippen LogP contribution in [0.5, 0.6) is 0 Å². The summed E-state index contributed by atoms with van der Waals surface area (Å²) in [6.45, 7) is 3.34. The van der Waals surface area contributed by atoms with Gasteiger partial charge in [-0.25, -0.2) is 9.78 Å². The van der Waals surface area contributed by atoms with E-state index in [1.54, 1.807) is 13.8 Å². The summed E-state index contributed by atoms with van der Waals surface area (Å²) in [4.78, 5) is 39.5. The number of aromatic nitrogens is 1. The molecule has 0 fully saturated rings. The van der Waals surface area contributed by atoms with Crippen molar-refractivity contribution in [3.63, 3.8) is 0 Å². The second-order valence-electron chi connectivity index (χ2n) is 5.18. The lowest BCUT2D eigenvalue weighted by molar-refractivity contribution is -0.153. The predicted octanol–water partition coefficient (Wildman–Crippen LogP) is 0.797. The average Bonchev–Trinajstić information content (AvgIpc) is 3.05. The summed E-state index contributed by atoms with van der Waals surface area (Å²) in [6.07, 6.45) is 1.75. The molecule has 0 aliphatic rings. The first kappa shape index (κ1) is 19.5. The number of oxazole rings is 1. The minimum Gasteiger partial charge on any atom is -0.461 e. The predicted molar refractivity (Wildman–Crippen MR) is 82.4 cm³/mol. The zero-order valence-electron chi connectivity index (χ0n) is 13.8. The van der Waals surface area contributed by atoms with Crippen LogP contribution in [0.15, 0.2) is 16.9 Å². The molecule has 2 N–H and O–H groups in total. The smallest absolute Gasteiger partial charge is 0.328 e. The maximum absolute atomic E-state index is 12.3. The number of ketones is 1. The molecule has 0 aliphatic heterocycles. The molecule has 2 atom stereocenters. The third kappa shape index (κ3) is 5.92. The fourth-order valence-electron chi connectivity index (χ4n) is 1.85. The number of hydrogen-bond acceptors (Lipinski definition) is 8. The van der Waals surface area contributed by atoms with E-state index in [-0.39, 0.29) is 24.8 Å². The van der Waals surface area contributed by atoms with E-state index >= 15 is 0 Å². The number of carbonyl (C=O) groups is 3. The quantitative estimate of drug-likeness (QED) is 0.476. The first-order valence-electron chi connectivity index (χ1n) is 7.35. The van der Waals surface area contributed by atoms with Crippen molar-refractivity contribution >= 4 is 23.9 Å². The molecule has 0 saturated heterocycles. The van der Waals surface area contributed by atoms with Crippen LogP contribution in [-0.4, -0.2) is 48.1 Å². The highest BCUT2D eigenvalue weighted by atomic mass is 16.5. The Labute approximate surface area is 139 Å². The van der Waals surface area contributed by atoms with Crippen molar-refractivity contribution in [2.75, 3.05) is 7.11 Å². The molecule has 1 aromatic heterocycles. The van der Waals surface area contributed by atoms with Gasteiger partial charge in [0.25, 0.3) is 5.91 Å². The van der Waals surface area contributed by atoms with Crippen LogP contribution in [0.3, 0.4) is 0 Å². The lowest BCUT2D eigenvalue weighted by Crippen LogP contribution is -2.45. The van der Waals surface area contributed by atoms with Gasteiger partial charge in [-0.1, -0.05) is 0 Å². The van der Waals surface area contributed by atoms with Gasteiger partial charge in [0.2, 0.25) is 12.0 Å². The molecule has 132 valence electrons. The van der Waals surface area contributed by atoms with Crippen molar-refractivity contribution < 1.29 is 28.3 Å². The Morgan fingerprint density at radius 2 is 2.12 bits per heavy atom. The van der Waals surface area contributed by atoms with Gasteiger partial charge in [-0.3, -0.25) is 9.59 Å². The van der Waals surface area contributed by atoms with Crippen LogP contribution in [-0.2, 0) is 23.9 Å². The topological polar surface area (TPSA) is 132 Å². The fraction of sp³-hybridized carbons (Fsp3) is 0.533. The number of carbonyl (C=O) groups excluding carboxylic acids is 3. The molecule has 0 bridgehead atoms. The van der Waals surface area contributed by atoms with E-state index in [1.165, 1.54) is 19.6 Å². The number of rotatable bonds is 10. The van der Waals surface area contributed by atoms with Crippen molar-refractivity contribution in [2.45, 2.75) is 44.9 Å². The van der Waals surface area contributed by atoms with E-state index in [0.29, 0.717) is 6.21 Å². The van der Waals surface area contributed by atoms with Crippen LogP contribution < -0.4 is 5.32 Å². The number of nitrogens with zero attached hydrogens (tertiary/aromatic N) is 1. The number of methoxy groups -OCH3 is 1. The highest BCUT2D eigenvalue weighted by Gasteiger charge is 2.30. The second-order valence-corrected chi connectivity index (χ2v) is 5.18. The molecule has 9 heteroatoms. The molecule has 1 amide bonds. The molecular weight excluding hydrogens is 318 g/mol. The molecule has 0 unspecified atom stereocenters. The maximum atomic E-state index is 12.3. The molecule has 1 heterocycles. The van der Waals surface area contributed by atoms with E-state index < -0.39 is 29.8 Å². The number of nitrogens with one attached hydrogen (secondary N) is 2. The van der Waals surface area contributed by atoms with Gasteiger partial charge in [0.05, 0.1) is 18.5 Å². The summed E-state index contributed by atoms with van der Waals surface area (Å²) < 4.78 is 15.2. The highest BCUT2D eigenvalue weighted by Crippen LogP contribution is 2.15. The lowest BCUT2D eigenvalue weighted by Gasteiger charge is -2.20. The highest BCUT2D eigenvalue weighted by molar-refractivity contribution is 6.26. The third-order valence-corrected chi connectivity index (χ3v) is 2.94. The maximum Gasteiger partial charge on any atom is 0.328 e. The molecule has 1 rings (SSSR count). The number of ether oxygens (including phenoxy) is 2. The standard InChI is InChI=1S/C15H21N3O6/c1-9(2)24-15(21)11(5-4-10(19)8-16)18-13(20)12(22-3)14-17-6-7-23-14/h6-9,11-12,16H,4-5H2,1-3H3,(H,18,20)/t11-,12-/m0/s1. The Hall–Kier alpha value is -2.55. The lowest BCUT2D eigenvalue weighted by atomic mass is 10.1. The average molecular weight is 339 g/mol. The van der Waals surface area contributed by atoms with Crippen molar-refractivity contribution in [2.24, 2.45) is 0 Å².